The normalized spacial score (nSPS) is 17.7. The van der Waals surface area contributed by atoms with Gasteiger partial charge in [-0.2, -0.15) is 0 Å². The Kier molecular flexibility index (Phi) is 3.58. The second-order valence-corrected chi connectivity index (χ2v) is 6.92. The number of amides is 1. The van der Waals surface area contributed by atoms with Gasteiger partial charge in [-0.3, -0.25) is 9.20 Å². The molecule has 5 rings (SSSR count). The van der Waals surface area contributed by atoms with Crippen LogP contribution >= 0.6 is 0 Å². The second-order valence-electron chi connectivity index (χ2n) is 6.92. The Morgan fingerprint density at radius 2 is 1.77 bits per heavy atom. The standard InChI is InChI=1S/C19H20N6O/c26-19(15-6-7-15)24-12-10-23(11-13-24)17-18-22-21-16(25(18)9-8-20-17)14-4-2-1-3-5-14/h1-5,8-9,15H,6-7,10-13H2. The molecule has 0 N–H and O–H groups in total. The summed E-state index contributed by atoms with van der Waals surface area (Å²) in [6, 6.07) is 10.0. The number of hydrogen-bond donors (Lipinski definition) is 0. The van der Waals surface area contributed by atoms with Crippen LogP contribution in [0.4, 0.5) is 5.82 Å². The molecule has 0 radical (unpaired) electrons. The van der Waals surface area contributed by atoms with Gasteiger partial charge in [-0.1, -0.05) is 30.3 Å². The third-order valence-corrected chi connectivity index (χ3v) is 5.16. The molecule has 2 aliphatic rings. The van der Waals surface area contributed by atoms with Gasteiger partial charge in [0.2, 0.25) is 11.6 Å². The average Bonchev–Trinajstić information content (AvgIpc) is 3.46. The summed E-state index contributed by atoms with van der Waals surface area (Å²) >= 11 is 0. The summed E-state index contributed by atoms with van der Waals surface area (Å²) in [6.45, 7) is 3.05. The number of nitrogens with zero attached hydrogens (tertiary/aromatic N) is 6. The Hall–Kier alpha value is -2.96. The zero-order chi connectivity index (χ0) is 17.5. The lowest BCUT2D eigenvalue weighted by atomic mass is 10.2. The molecule has 2 aromatic heterocycles. The van der Waals surface area contributed by atoms with Crippen LogP contribution in [0.25, 0.3) is 17.0 Å². The molecule has 7 heteroatoms. The molecule has 1 aromatic carbocycles. The third-order valence-electron chi connectivity index (χ3n) is 5.16. The van der Waals surface area contributed by atoms with E-state index in [2.05, 4.69) is 20.1 Å². The van der Waals surface area contributed by atoms with Gasteiger partial charge in [0.25, 0.3) is 0 Å². The molecule has 0 bridgehead atoms. The number of anilines is 1. The van der Waals surface area contributed by atoms with Gasteiger partial charge in [0.05, 0.1) is 0 Å². The second kappa shape index (κ2) is 6.09. The zero-order valence-corrected chi connectivity index (χ0v) is 14.5. The lowest BCUT2D eigenvalue weighted by Crippen LogP contribution is -2.49. The topological polar surface area (TPSA) is 66.6 Å². The minimum absolute atomic E-state index is 0.285. The van der Waals surface area contributed by atoms with Crippen molar-refractivity contribution >= 4 is 17.4 Å². The monoisotopic (exact) mass is 348 g/mol. The number of piperazine rings is 1. The summed E-state index contributed by atoms with van der Waals surface area (Å²) in [5.74, 6) is 2.25. The fourth-order valence-electron chi connectivity index (χ4n) is 3.55. The minimum atomic E-state index is 0.285. The molecule has 1 aliphatic heterocycles. The summed E-state index contributed by atoms with van der Waals surface area (Å²) in [5, 5.41) is 8.77. The number of aromatic nitrogens is 4. The third kappa shape index (κ3) is 2.60. The van der Waals surface area contributed by atoms with Gasteiger partial charge < -0.3 is 9.80 Å². The van der Waals surface area contributed by atoms with E-state index in [9.17, 15) is 4.79 Å². The molecule has 3 aromatic rings. The first-order chi connectivity index (χ1) is 12.8. The largest absolute Gasteiger partial charge is 0.350 e. The van der Waals surface area contributed by atoms with E-state index < -0.39 is 0 Å². The van der Waals surface area contributed by atoms with E-state index in [-0.39, 0.29) is 5.92 Å². The minimum Gasteiger partial charge on any atom is -0.350 e. The molecule has 3 heterocycles. The molecule has 132 valence electrons. The first kappa shape index (κ1) is 15.3. The van der Waals surface area contributed by atoms with E-state index in [4.69, 9.17) is 0 Å². The summed E-state index contributed by atoms with van der Waals surface area (Å²) in [7, 11) is 0. The summed E-state index contributed by atoms with van der Waals surface area (Å²) in [4.78, 5) is 21.0. The van der Waals surface area contributed by atoms with Crippen molar-refractivity contribution in [1.29, 1.82) is 0 Å². The van der Waals surface area contributed by atoms with E-state index in [1.165, 1.54) is 0 Å². The molecule has 1 saturated heterocycles. The molecule has 1 aliphatic carbocycles. The van der Waals surface area contributed by atoms with Crippen molar-refractivity contribution in [2.45, 2.75) is 12.8 Å². The van der Waals surface area contributed by atoms with Crippen LogP contribution in [-0.4, -0.2) is 56.6 Å². The van der Waals surface area contributed by atoms with Crippen molar-refractivity contribution in [2.24, 2.45) is 5.92 Å². The lowest BCUT2D eigenvalue weighted by Gasteiger charge is -2.35. The van der Waals surface area contributed by atoms with Gasteiger partial charge in [-0.15, -0.1) is 10.2 Å². The van der Waals surface area contributed by atoms with Crippen LogP contribution in [0, 0.1) is 5.92 Å². The van der Waals surface area contributed by atoms with Crippen LogP contribution in [0.1, 0.15) is 12.8 Å². The van der Waals surface area contributed by atoms with Gasteiger partial charge in [0.1, 0.15) is 0 Å². The van der Waals surface area contributed by atoms with E-state index in [1.807, 2.05) is 45.8 Å². The maximum Gasteiger partial charge on any atom is 0.225 e. The molecule has 1 saturated carbocycles. The van der Waals surface area contributed by atoms with Gasteiger partial charge in [-0.25, -0.2) is 4.98 Å². The van der Waals surface area contributed by atoms with E-state index >= 15 is 0 Å². The van der Waals surface area contributed by atoms with Crippen LogP contribution < -0.4 is 4.90 Å². The summed E-state index contributed by atoms with van der Waals surface area (Å²) < 4.78 is 1.99. The summed E-state index contributed by atoms with van der Waals surface area (Å²) in [6.07, 6.45) is 5.80. The highest BCUT2D eigenvalue weighted by Gasteiger charge is 2.35. The van der Waals surface area contributed by atoms with Crippen molar-refractivity contribution in [2.75, 3.05) is 31.1 Å². The predicted octanol–water partition coefficient (Wildman–Crippen LogP) is 1.85. The molecule has 26 heavy (non-hydrogen) atoms. The smallest absolute Gasteiger partial charge is 0.225 e. The molecule has 1 amide bonds. The highest BCUT2D eigenvalue weighted by Crippen LogP contribution is 2.31. The predicted molar refractivity (Wildman–Crippen MR) is 97.7 cm³/mol. The van der Waals surface area contributed by atoms with Crippen LogP contribution in [0.3, 0.4) is 0 Å². The highest BCUT2D eigenvalue weighted by molar-refractivity contribution is 5.81. The van der Waals surface area contributed by atoms with Crippen LogP contribution in [-0.2, 0) is 4.79 Å². The molecule has 2 fully saturated rings. The average molecular weight is 348 g/mol. The van der Waals surface area contributed by atoms with Crippen molar-refractivity contribution in [3.05, 3.63) is 42.7 Å². The van der Waals surface area contributed by atoms with Crippen LogP contribution in [0.2, 0.25) is 0 Å². The molecule has 0 unspecified atom stereocenters. The van der Waals surface area contributed by atoms with Crippen molar-refractivity contribution < 1.29 is 4.79 Å². The van der Waals surface area contributed by atoms with Crippen molar-refractivity contribution in [3.8, 4) is 11.4 Å². The van der Waals surface area contributed by atoms with Gasteiger partial charge in [-0.05, 0) is 12.8 Å². The van der Waals surface area contributed by atoms with E-state index in [0.717, 1.165) is 61.9 Å². The van der Waals surface area contributed by atoms with Crippen molar-refractivity contribution in [1.82, 2.24) is 24.5 Å². The summed E-state index contributed by atoms with van der Waals surface area (Å²) in [5.41, 5.74) is 1.78. The molecule has 0 spiro atoms. The maximum atomic E-state index is 12.2. The fourth-order valence-corrected chi connectivity index (χ4v) is 3.55. The molecule has 7 nitrogen and oxygen atoms in total. The van der Waals surface area contributed by atoms with Crippen LogP contribution in [0.5, 0.6) is 0 Å². The first-order valence-corrected chi connectivity index (χ1v) is 9.10. The Morgan fingerprint density at radius 1 is 1.00 bits per heavy atom. The zero-order valence-electron chi connectivity index (χ0n) is 14.5. The molecular formula is C19H20N6O. The van der Waals surface area contributed by atoms with E-state index in [1.54, 1.807) is 6.20 Å². The number of benzene rings is 1. The maximum absolute atomic E-state index is 12.2. The van der Waals surface area contributed by atoms with Gasteiger partial charge in [0.15, 0.2) is 11.6 Å². The fraction of sp³-hybridized carbons (Fsp3) is 0.368. The molecule has 0 atom stereocenters. The number of rotatable bonds is 3. The lowest BCUT2D eigenvalue weighted by molar-refractivity contribution is -0.132. The van der Waals surface area contributed by atoms with E-state index in [0.29, 0.717) is 5.91 Å². The number of fused-ring (bicyclic) bond motifs is 1. The first-order valence-electron chi connectivity index (χ1n) is 9.10. The highest BCUT2D eigenvalue weighted by atomic mass is 16.2. The Bertz CT molecular complexity index is 941. The molecular weight excluding hydrogens is 328 g/mol. The van der Waals surface area contributed by atoms with Crippen molar-refractivity contribution in [3.63, 3.8) is 0 Å². The van der Waals surface area contributed by atoms with Gasteiger partial charge in [0, 0.05) is 50.1 Å². The van der Waals surface area contributed by atoms with Gasteiger partial charge >= 0.3 is 0 Å². The Labute approximate surface area is 151 Å². The number of hydrogen-bond acceptors (Lipinski definition) is 5. The van der Waals surface area contributed by atoms with Crippen LogP contribution in [0.15, 0.2) is 42.7 Å². The number of carbonyl (C=O) groups excluding carboxylic acids is 1. The Morgan fingerprint density at radius 3 is 2.50 bits per heavy atom. The number of carbonyl (C=O) groups is 1. The SMILES string of the molecule is O=C(C1CC1)N1CCN(c2nccn3c(-c4ccccc4)nnc23)CC1. The Balaban J connectivity index is 1.41. The quantitative estimate of drug-likeness (QED) is 0.723.